The predicted molar refractivity (Wildman–Crippen MR) is 85.0 cm³/mol. The molecule has 20 heavy (non-hydrogen) atoms. The summed E-state index contributed by atoms with van der Waals surface area (Å²) in [6.45, 7) is 2.09. The first-order valence-electron chi connectivity index (χ1n) is 6.29. The fourth-order valence-electron chi connectivity index (χ4n) is 1.90. The second-order valence-electron chi connectivity index (χ2n) is 4.34. The Bertz CT molecular complexity index is 590. The van der Waals surface area contributed by atoms with E-state index < -0.39 is 0 Å². The number of benzene rings is 2. The van der Waals surface area contributed by atoms with Crippen LogP contribution in [0.3, 0.4) is 0 Å². The summed E-state index contributed by atoms with van der Waals surface area (Å²) in [6, 6.07) is 12.1. The molecule has 0 amide bonds. The lowest BCUT2D eigenvalue weighted by atomic mass is 10.0. The van der Waals surface area contributed by atoms with E-state index in [0.29, 0.717) is 15.6 Å². The van der Waals surface area contributed by atoms with Gasteiger partial charge in [0.1, 0.15) is 5.82 Å². The smallest absolute Gasteiger partial charge is 0.167 e. The highest BCUT2D eigenvalue weighted by atomic mass is 79.9. The molecule has 0 radical (unpaired) electrons. The van der Waals surface area contributed by atoms with Crippen molar-refractivity contribution in [1.82, 2.24) is 0 Å². The average Bonchev–Trinajstić information content (AvgIpc) is 2.38. The highest BCUT2D eigenvalue weighted by Crippen LogP contribution is 2.20. The van der Waals surface area contributed by atoms with Crippen LogP contribution in [0.1, 0.15) is 22.8 Å². The lowest BCUT2D eigenvalue weighted by Crippen LogP contribution is -2.03. The van der Waals surface area contributed by atoms with Crippen molar-refractivity contribution in [2.75, 3.05) is 5.75 Å². The van der Waals surface area contributed by atoms with Crippen LogP contribution in [0, 0.1) is 5.82 Å². The molecule has 4 heteroatoms. The average molecular weight is 353 g/mol. The summed E-state index contributed by atoms with van der Waals surface area (Å²) in [5.74, 6) is 0.664. The van der Waals surface area contributed by atoms with Crippen molar-refractivity contribution in [3.8, 4) is 0 Å². The van der Waals surface area contributed by atoms with Crippen LogP contribution in [0.4, 0.5) is 4.39 Å². The Morgan fingerprint density at radius 1 is 1.20 bits per heavy atom. The van der Waals surface area contributed by atoms with E-state index in [1.807, 2.05) is 24.3 Å². The zero-order valence-corrected chi connectivity index (χ0v) is 13.4. The van der Waals surface area contributed by atoms with E-state index in [4.69, 9.17) is 0 Å². The van der Waals surface area contributed by atoms with Gasteiger partial charge in [-0.1, -0.05) is 35.0 Å². The highest BCUT2D eigenvalue weighted by molar-refractivity contribution is 9.10. The summed E-state index contributed by atoms with van der Waals surface area (Å²) in [5.41, 5.74) is 1.33. The number of hydrogen-bond acceptors (Lipinski definition) is 2. The maximum absolute atomic E-state index is 13.3. The monoisotopic (exact) mass is 352 g/mol. The standard InChI is InChI=1S/C16H14BrFOS/c1-2-20-15-5-3-12(4-6-15)16(19)9-11-7-13(17)10-14(18)8-11/h3-8,10H,2,9H2,1H3. The highest BCUT2D eigenvalue weighted by Gasteiger charge is 2.09. The van der Waals surface area contributed by atoms with Crippen molar-refractivity contribution in [3.63, 3.8) is 0 Å². The first kappa shape index (κ1) is 15.3. The number of Topliss-reactive ketones (excluding diaryl/α,β-unsaturated/α-hetero) is 1. The number of thioether (sulfide) groups is 1. The van der Waals surface area contributed by atoms with Crippen molar-refractivity contribution in [2.45, 2.75) is 18.2 Å². The molecule has 0 spiro atoms. The van der Waals surface area contributed by atoms with Gasteiger partial charge in [0, 0.05) is 21.4 Å². The topological polar surface area (TPSA) is 17.1 Å². The Hall–Kier alpha value is -1.13. The number of hydrogen-bond donors (Lipinski definition) is 0. The van der Waals surface area contributed by atoms with Crippen LogP contribution in [-0.4, -0.2) is 11.5 Å². The number of carbonyl (C=O) groups excluding carboxylic acids is 1. The Morgan fingerprint density at radius 3 is 2.50 bits per heavy atom. The lowest BCUT2D eigenvalue weighted by Gasteiger charge is -2.04. The van der Waals surface area contributed by atoms with Crippen LogP contribution in [0.5, 0.6) is 0 Å². The number of halogens is 2. The van der Waals surface area contributed by atoms with E-state index in [0.717, 1.165) is 10.6 Å². The summed E-state index contributed by atoms with van der Waals surface area (Å²) < 4.78 is 13.9. The minimum atomic E-state index is -0.336. The van der Waals surface area contributed by atoms with Gasteiger partial charge in [-0.2, -0.15) is 0 Å². The maximum atomic E-state index is 13.3. The van der Waals surface area contributed by atoms with Crippen LogP contribution in [-0.2, 0) is 6.42 Å². The summed E-state index contributed by atoms with van der Waals surface area (Å²) in [5, 5.41) is 0. The van der Waals surface area contributed by atoms with Gasteiger partial charge in [-0.15, -0.1) is 11.8 Å². The third-order valence-corrected chi connectivity index (χ3v) is 4.13. The Balaban J connectivity index is 2.11. The molecule has 0 aliphatic heterocycles. The SMILES string of the molecule is CCSc1ccc(C(=O)Cc2cc(F)cc(Br)c2)cc1. The zero-order valence-electron chi connectivity index (χ0n) is 11.0. The van der Waals surface area contributed by atoms with E-state index >= 15 is 0 Å². The molecule has 0 unspecified atom stereocenters. The van der Waals surface area contributed by atoms with Crippen molar-refractivity contribution in [1.29, 1.82) is 0 Å². The summed E-state index contributed by atoms with van der Waals surface area (Å²) in [7, 11) is 0. The molecular weight excluding hydrogens is 339 g/mol. The third kappa shape index (κ3) is 4.18. The van der Waals surface area contributed by atoms with Crippen molar-refractivity contribution < 1.29 is 9.18 Å². The Kier molecular flexibility index (Phi) is 5.38. The van der Waals surface area contributed by atoms with Gasteiger partial charge in [0.05, 0.1) is 0 Å². The Labute approximate surface area is 130 Å². The van der Waals surface area contributed by atoms with Crippen LogP contribution < -0.4 is 0 Å². The molecule has 2 aromatic carbocycles. The molecular formula is C16H14BrFOS. The molecule has 0 fully saturated rings. The summed E-state index contributed by atoms with van der Waals surface area (Å²) >= 11 is 4.97. The molecule has 0 atom stereocenters. The molecule has 104 valence electrons. The van der Waals surface area contributed by atoms with Crippen molar-refractivity contribution >= 4 is 33.5 Å². The fraction of sp³-hybridized carbons (Fsp3) is 0.188. The molecule has 0 heterocycles. The molecule has 1 nitrogen and oxygen atoms in total. The second-order valence-corrected chi connectivity index (χ2v) is 6.59. The van der Waals surface area contributed by atoms with Gasteiger partial charge in [-0.25, -0.2) is 4.39 Å². The molecule has 0 saturated carbocycles. The molecule has 0 aromatic heterocycles. The van der Waals surface area contributed by atoms with Gasteiger partial charge in [0.25, 0.3) is 0 Å². The lowest BCUT2D eigenvalue weighted by molar-refractivity contribution is 0.0993. The molecule has 0 N–H and O–H groups in total. The van der Waals surface area contributed by atoms with Gasteiger partial charge in [0.2, 0.25) is 0 Å². The molecule has 2 aromatic rings. The van der Waals surface area contributed by atoms with Crippen LogP contribution >= 0.6 is 27.7 Å². The first-order valence-corrected chi connectivity index (χ1v) is 8.07. The second kappa shape index (κ2) is 7.04. The van der Waals surface area contributed by atoms with E-state index in [-0.39, 0.29) is 18.0 Å². The maximum Gasteiger partial charge on any atom is 0.167 e. The van der Waals surface area contributed by atoms with E-state index in [2.05, 4.69) is 22.9 Å². The first-order chi connectivity index (χ1) is 9.58. The quantitative estimate of drug-likeness (QED) is 0.548. The fourth-order valence-corrected chi connectivity index (χ4v) is 3.08. The summed E-state index contributed by atoms with van der Waals surface area (Å²) in [4.78, 5) is 13.3. The molecule has 0 bridgehead atoms. The van der Waals surface area contributed by atoms with Crippen molar-refractivity contribution in [3.05, 3.63) is 63.9 Å². The van der Waals surface area contributed by atoms with Gasteiger partial charge < -0.3 is 0 Å². The van der Waals surface area contributed by atoms with Gasteiger partial charge in [-0.3, -0.25) is 4.79 Å². The molecule has 2 rings (SSSR count). The predicted octanol–water partition coefficient (Wildman–Crippen LogP) is 5.13. The molecule has 0 aliphatic rings. The van der Waals surface area contributed by atoms with Crippen LogP contribution in [0.25, 0.3) is 0 Å². The molecule has 0 saturated heterocycles. The normalized spacial score (nSPS) is 10.6. The molecule has 0 aliphatic carbocycles. The zero-order chi connectivity index (χ0) is 14.5. The van der Waals surface area contributed by atoms with E-state index in [1.165, 1.54) is 12.1 Å². The summed E-state index contributed by atoms with van der Waals surface area (Å²) in [6.07, 6.45) is 0.205. The minimum absolute atomic E-state index is 0.00412. The van der Waals surface area contributed by atoms with Gasteiger partial charge >= 0.3 is 0 Å². The number of ketones is 1. The third-order valence-electron chi connectivity index (χ3n) is 2.77. The van der Waals surface area contributed by atoms with E-state index in [1.54, 1.807) is 17.8 Å². The largest absolute Gasteiger partial charge is 0.294 e. The van der Waals surface area contributed by atoms with Crippen molar-refractivity contribution in [2.24, 2.45) is 0 Å². The van der Waals surface area contributed by atoms with Gasteiger partial charge in [0.15, 0.2) is 5.78 Å². The number of rotatable bonds is 5. The minimum Gasteiger partial charge on any atom is -0.294 e. The number of carbonyl (C=O) groups is 1. The Morgan fingerprint density at radius 2 is 1.90 bits per heavy atom. The van der Waals surface area contributed by atoms with Crippen LogP contribution in [0.15, 0.2) is 51.8 Å². The van der Waals surface area contributed by atoms with E-state index in [9.17, 15) is 9.18 Å². The van der Waals surface area contributed by atoms with Crippen LogP contribution in [0.2, 0.25) is 0 Å². The van der Waals surface area contributed by atoms with Gasteiger partial charge in [-0.05, 0) is 41.6 Å².